The van der Waals surface area contributed by atoms with Gasteiger partial charge in [-0.05, 0) is 39.7 Å². The summed E-state index contributed by atoms with van der Waals surface area (Å²) in [6, 6.07) is 7.64. The number of rotatable bonds is 5. The lowest BCUT2D eigenvalue weighted by molar-refractivity contribution is 0.354. The van der Waals surface area contributed by atoms with Gasteiger partial charge >= 0.3 is 0 Å². The third-order valence-electron chi connectivity index (χ3n) is 2.74. The molecule has 0 atom stereocenters. The molecule has 0 unspecified atom stereocenters. The highest BCUT2D eigenvalue weighted by Gasteiger charge is 2.06. The van der Waals surface area contributed by atoms with Crippen molar-refractivity contribution in [2.45, 2.75) is 6.54 Å². The van der Waals surface area contributed by atoms with Crippen LogP contribution < -0.4 is 14.8 Å². The van der Waals surface area contributed by atoms with E-state index in [9.17, 15) is 0 Å². The van der Waals surface area contributed by atoms with Crippen molar-refractivity contribution >= 4 is 33.2 Å². The van der Waals surface area contributed by atoms with Crippen LogP contribution in [0.5, 0.6) is 11.5 Å². The van der Waals surface area contributed by atoms with Crippen LogP contribution in [0.3, 0.4) is 0 Å². The molecule has 1 heterocycles. The Morgan fingerprint density at radius 3 is 2.65 bits per heavy atom. The van der Waals surface area contributed by atoms with Gasteiger partial charge in [-0.1, -0.05) is 17.7 Å². The molecular weight excluding hydrogens is 344 g/mol. The van der Waals surface area contributed by atoms with E-state index in [1.54, 1.807) is 20.4 Å². The number of methoxy groups -OCH3 is 2. The van der Waals surface area contributed by atoms with Crippen molar-refractivity contribution in [3.8, 4) is 11.5 Å². The molecule has 0 aliphatic rings. The van der Waals surface area contributed by atoms with E-state index in [4.69, 9.17) is 21.1 Å². The average molecular weight is 358 g/mol. The molecule has 0 amide bonds. The van der Waals surface area contributed by atoms with Crippen LogP contribution in [0.2, 0.25) is 5.15 Å². The van der Waals surface area contributed by atoms with Crippen molar-refractivity contribution in [1.82, 2.24) is 4.98 Å². The van der Waals surface area contributed by atoms with Crippen LogP contribution >= 0.6 is 27.5 Å². The maximum absolute atomic E-state index is 6.03. The predicted molar refractivity (Wildman–Crippen MR) is 83.8 cm³/mol. The van der Waals surface area contributed by atoms with E-state index >= 15 is 0 Å². The van der Waals surface area contributed by atoms with Crippen molar-refractivity contribution in [2.24, 2.45) is 0 Å². The summed E-state index contributed by atoms with van der Waals surface area (Å²) in [5.74, 6) is 1.41. The van der Waals surface area contributed by atoms with Crippen LogP contribution in [-0.2, 0) is 6.54 Å². The standard InChI is InChI=1S/C14H14BrClN2O2/c1-19-12-4-3-9(5-13(12)20-2)7-17-11-6-10(15)8-18-14(11)16/h3-6,8,17H,7H2,1-2H3. The molecule has 106 valence electrons. The van der Waals surface area contributed by atoms with Crippen LogP contribution in [0.1, 0.15) is 5.56 Å². The second-order valence-electron chi connectivity index (χ2n) is 4.03. The molecule has 2 aromatic rings. The van der Waals surface area contributed by atoms with Crippen LogP contribution in [0.4, 0.5) is 5.69 Å². The largest absolute Gasteiger partial charge is 0.493 e. The van der Waals surface area contributed by atoms with Crippen molar-refractivity contribution in [1.29, 1.82) is 0 Å². The number of hydrogen-bond donors (Lipinski definition) is 1. The molecule has 20 heavy (non-hydrogen) atoms. The van der Waals surface area contributed by atoms with Gasteiger partial charge in [0.15, 0.2) is 16.7 Å². The SMILES string of the molecule is COc1ccc(CNc2cc(Br)cnc2Cl)cc1OC. The zero-order valence-electron chi connectivity index (χ0n) is 11.1. The van der Waals surface area contributed by atoms with Gasteiger partial charge in [-0.2, -0.15) is 0 Å². The first-order chi connectivity index (χ1) is 9.63. The molecule has 0 aliphatic heterocycles. The molecule has 1 N–H and O–H groups in total. The summed E-state index contributed by atoms with van der Waals surface area (Å²) in [5, 5.41) is 3.68. The van der Waals surface area contributed by atoms with E-state index < -0.39 is 0 Å². The van der Waals surface area contributed by atoms with E-state index in [0.717, 1.165) is 15.7 Å². The first kappa shape index (κ1) is 14.9. The normalized spacial score (nSPS) is 10.2. The second-order valence-corrected chi connectivity index (χ2v) is 5.31. The van der Waals surface area contributed by atoms with Gasteiger partial charge in [0, 0.05) is 17.2 Å². The molecule has 2 rings (SSSR count). The first-order valence-corrected chi connectivity index (χ1v) is 7.07. The number of anilines is 1. The van der Waals surface area contributed by atoms with Gasteiger partial charge in [0.1, 0.15) is 0 Å². The van der Waals surface area contributed by atoms with Gasteiger partial charge in [0.2, 0.25) is 0 Å². The molecule has 6 heteroatoms. The van der Waals surface area contributed by atoms with Crippen molar-refractivity contribution in [3.63, 3.8) is 0 Å². The third-order valence-corrected chi connectivity index (χ3v) is 3.47. The van der Waals surface area contributed by atoms with Crippen LogP contribution in [0, 0.1) is 0 Å². The van der Waals surface area contributed by atoms with Gasteiger partial charge in [-0.25, -0.2) is 4.98 Å². The third kappa shape index (κ3) is 3.55. The highest BCUT2D eigenvalue weighted by Crippen LogP contribution is 2.28. The Kier molecular flexibility index (Phi) is 5.09. The van der Waals surface area contributed by atoms with Crippen molar-refractivity contribution in [2.75, 3.05) is 19.5 Å². The fraction of sp³-hybridized carbons (Fsp3) is 0.214. The Bertz CT molecular complexity index is 608. The molecule has 0 spiro atoms. The van der Waals surface area contributed by atoms with E-state index in [1.807, 2.05) is 24.3 Å². The Morgan fingerprint density at radius 1 is 1.20 bits per heavy atom. The van der Waals surface area contributed by atoms with E-state index in [-0.39, 0.29) is 0 Å². The minimum absolute atomic E-state index is 0.439. The topological polar surface area (TPSA) is 43.4 Å². The highest BCUT2D eigenvalue weighted by atomic mass is 79.9. The average Bonchev–Trinajstić information content (AvgIpc) is 2.47. The monoisotopic (exact) mass is 356 g/mol. The lowest BCUT2D eigenvalue weighted by atomic mass is 10.2. The minimum Gasteiger partial charge on any atom is -0.493 e. The Hall–Kier alpha value is -1.46. The number of halogens is 2. The van der Waals surface area contributed by atoms with Gasteiger partial charge in [0.05, 0.1) is 19.9 Å². The highest BCUT2D eigenvalue weighted by molar-refractivity contribution is 9.10. The Balaban J connectivity index is 2.12. The Morgan fingerprint density at radius 2 is 1.95 bits per heavy atom. The maximum atomic E-state index is 6.03. The minimum atomic E-state index is 0.439. The summed E-state index contributed by atoms with van der Waals surface area (Å²) in [6.07, 6.45) is 1.66. The number of nitrogens with one attached hydrogen (secondary N) is 1. The molecule has 0 aliphatic carbocycles. The molecule has 0 fully saturated rings. The summed E-state index contributed by atoms with van der Waals surface area (Å²) in [5.41, 5.74) is 1.83. The van der Waals surface area contributed by atoms with E-state index in [1.165, 1.54) is 0 Å². The van der Waals surface area contributed by atoms with E-state index in [2.05, 4.69) is 26.2 Å². The quantitative estimate of drug-likeness (QED) is 0.817. The molecule has 0 bridgehead atoms. The van der Waals surface area contributed by atoms with Crippen molar-refractivity contribution in [3.05, 3.63) is 45.7 Å². The number of pyridine rings is 1. The summed E-state index contributed by atoms with van der Waals surface area (Å²) >= 11 is 9.40. The zero-order valence-corrected chi connectivity index (χ0v) is 13.5. The molecular formula is C14H14BrClN2O2. The number of aromatic nitrogens is 1. The summed E-state index contributed by atoms with van der Waals surface area (Å²) in [4.78, 5) is 4.06. The fourth-order valence-electron chi connectivity index (χ4n) is 1.73. The molecule has 1 aromatic heterocycles. The summed E-state index contributed by atoms with van der Waals surface area (Å²) in [6.45, 7) is 0.609. The number of hydrogen-bond acceptors (Lipinski definition) is 4. The predicted octanol–water partition coefficient (Wildman–Crippen LogP) is 4.13. The van der Waals surface area contributed by atoms with Crippen LogP contribution in [0.15, 0.2) is 34.9 Å². The number of nitrogens with zero attached hydrogens (tertiary/aromatic N) is 1. The number of benzene rings is 1. The number of ether oxygens (including phenoxy) is 2. The zero-order chi connectivity index (χ0) is 14.5. The summed E-state index contributed by atoms with van der Waals surface area (Å²) in [7, 11) is 3.23. The van der Waals surface area contributed by atoms with Crippen LogP contribution in [-0.4, -0.2) is 19.2 Å². The van der Waals surface area contributed by atoms with Gasteiger partial charge in [-0.3, -0.25) is 0 Å². The Labute approximate surface area is 131 Å². The molecule has 1 aromatic carbocycles. The molecule has 0 saturated carbocycles. The van der Waals surface area contributed by atoms with Crippen molar-refractivity contribution < 1.29 is 9.47 Å². The van der Waals surface area contributed by atoms with Gasteiger partial charge in [0.25, 0.3) is 0 Å². The first-order valence-electron chi connectivity index (χ1n) is 5.90. The lowest BCUT2D eigenvalue weighted by Crippen LogP contribution is -2.01. The second kappa shape index (κ2) is 6.81. The van der Waals surface area contributed by atoms with E-state index in [0.29, 0.717) is 23.2 Å². The van der Waals surface area contributed by atoms with Gasteiger partial charge in [-0.15, -0.1) is 0 Å². The maximum Gasteiger partial charge on any atom is 0.161 e. The van der Waals surface area contributed by atoms with Gasteiger partial charge < -0.3 is 14.8 Å². The molecule has 0 radical (unpaired) electrons. The summed E-state index contributed by atoms with van der Waals surface area (Å²) < 4.78 is 11.4. The van der Waals surface area contributed by atoms with Crippen LogP contribution in [0.25, 0.3) is 0 Å². The molecule has 0 saturated heterocycles. The molecule has 4 nitrogen and oxygen atoms in total. The lowest BCUT2D eigenvalue weighted by Gasteiger charge is -2.11. The smallest absolute Gasteiger partial charge is 0.161 e. The fourth-order valence-corrected chi connectivity index (χ4v) is 2.24.